The second-order valence-electron chi connectivity index (χ2n) is 4.11. The molecule has 106 valence electrons. The molecule has 0 aliphatic carbocycles. The predicted molar refractivity (Wildman–Crippen MR) is 76.4 cm³/mol. The minimum Gasteiger partial charge on any atom is -0.301 e. The van der Waals surface area contributed by atoms with Gasteiger partial charge >= 0.3 is 0 Å². The van der Waals surface area contributed by atoms with Gasteiger partial charge in [0.25, 0.3) is 0 Å². The molecule has 0 fully saturated rings. The van der Waals surface area contributed by atoms with Gasteiger partial charge in [-0.05, 0) is 12.0 Å². The first-order valence-electron chi connectivity index (χ1n) is 5.85. The standard InChI is InChI=1S/C12H13N3O3S2/c1-9(16)13-11-14-15-12(19-11)20(17,18)8-7-10-5-3-2-4-6-10/h2-6H,7-8H2,1H3,(H,13,14,16). The maximum Gasteiger partial charge on any atom is 0.234 e. The van der Waals surface area contributed by atoms with Crippen molar-refractivity contribution in [3.63, 3.8) is 0 Å². The highest BCUT2D eigenvalue weighted by Crippen LogP contribution is 2.21. The van der Waals surface area contributed by atoms with Gasteiger partial charge in [-0.25, -0.2) is 8.42 Å². The Morgan fingerprint density at radius 1 is 1.25 bits per heavy atom. The number of aromatic nitrogens is 2. The molecule has 0 aliphatic heterocycles. The van der Waals surface area contributed by atoms with Crippen LogP contribution >= 0.6 is 11.3 Å². The van der Waals surface area contributed by atoms with Gasteiger partial charge in [-0.3, -0.25) is 4.79 Å². The largest absolute Gasteiger partial charge is 0.301 e. The third-order valence-corrected chi connectivity index (χ3v) is 5.46. The number of anilines is 1. The van der Waals surface area contributed by atoms with Crippen LogP contribution in [0.25, 0.3) is 0 Å². The molecule has 8 heteroatoms. The van der Waals surface area contributed by atoms with Crippen molar-refractivity contribution in [3.8, 4) is 0 Å². The van der Waals surface area contributed by atoms with Gasteiger partial charge in [-0.1, -0.05) is 41.7 Å². The lowest BCUT2D eigenvalue weighted by atomic mass is 10.2. The zero-order chi connectivity index (χ0) is 14.6. The Morgan fingerprint density at radius 2 is 1.95 bits per heavy atom. The van der Waals surface area contributed by atoms with E-state index >= 15 is 0 Å². The van der Waals surface area contributed by atoms with Crippen molar-refractivity contribution in [1.82, 2.24) is 10.2 Å². The predicted octanol–water partition coefficient (Wildman–Crippen LogP) is 1.51. The number of nitrogens with zero attached hydrogens (tertiary/aromatic N) is 2. The van der Waals surface area contributed by atoms with E-state index in [1.807, 2.05) is 30.3 Å². The molecule has 20 heavy (non-hydrogen) atoms. The SMILES string of the molecule is CC(=O)Nc1nnc(S(=O)(=O)CCc2ccccc2)s1. The Bertz CT molecular complexity index is 696. The van der Waals surface area contributed by atoms with E-state index in [-0.39, 0.29) is 21.1 Å². The summed E-state index contributed by atoms with van der Waals surface area (Å²) in [7, 11) is -3.48. The summed E-state index contributed by atoms with van der Waals surface area (Å²) in [5, 5.41) is 9.86. The molecule has 0 atom stereocenters. The highest BCUT2D eigenvalue weighted by atomic mass is 32.2. The minimum absolute atomic E-state index is 0.0360. The van der Waals surface area contributed by atoms with Gasteiger partial charge < -0.3 is 5.32 Å². The molecule has 1 heterocycles. The fraction of sp³-hybridized carbons (Fsp3) is 0.250. The summed E-state index contributed by atoms with van der Waals surface area (Å²) in [5.74, 6) is -0.347. The van der Waals surface area contributed by atoms with Gasteiger partial charge in [0.05, 0.1) is 5.75 Å². The molecule has 1 aromatic heterocycles. The summed E-state index contributed by atoms with van der Waals surface area (Å²) in [4.78, 5) is 10.9. The number of carbonyl (C=O) groups excluding carboxylic acids is 1. The van der Waals surface area contributed by atoms with Crippen molar-refractivity contribution in [2.24, 2.45) is 0 Å². The van der Waals surface area contributed by atoms with Crippen molar-refractivity contribution < 1.29 is 13.2 Å². The number of aryl methyl sites for hydroxylation is 1. The van der Waals surface area contributed by atoms with E-state index in [9.17, 15) is 13.2 Å². The number of rotatable bonds is 5. The van der Waals surface area contributed by atoms with E-state index in [4.69, 9.17) is 0 Å². The van der Waals surface area contributed by atoms with Crippen LogP contribution in [0.4, 0.5) is 5.13 Å². The maximum atomic E-state index is 12.1. The molecule has 1 aromatic carbocycles. The number of sulfone groups is 1. The van der Waals surface area contributed by atoms with Gasteiger partial charge in [-0.2, -0.15) is 0 Å². The zero-order valence-corrected chi connectivity index (χ0v) is 12.4. The first-order chi connectivity index (χ1) is 9.47. The molecule has 0 saturated heterocycles. The Hall–Kier alpha value is -1.80. The Morgan fingerprint density at radius 3 is 2.60 bits per heavy atom. The molecule has 2 aromatic rings. The first kappa shape index (κ1) is 14.6. The second kappa shape index (κ2) is 6.10. The number of benzene rings is 1. The average molecular weight is 311 g/mol. The molecule has 1 N–H and O–H groups in total. The molecular weight excluding hydrogens is 298 g/mol. The zero-order valence-electron chi connectivity index (χ0n) is 10.7. The van der Waals surface area contributed by atoms with Gasteiger partial charge in [-0.15, -0.1) is 10.2 Å². The van der Waals surface area contributed by atoms with Crippen molar-refractivity contribution >= 4 is 32.2 Å². The van der Waals surface area contributed by atoms with Gasteiger partial charge in [0, 0.05) is 6.92 Å². The summed E-state index contributed by atoms with van der Waals surface area (Å²) in [6.45, 7) is 1.32. The van der Waals surface area contributed by atoms with Gasteiger partial charge in [0.1, 0.15) is 0 Å². The lowest BCUT2D eigenvalue weighted by Crippen LogP contribution is -2.09. The lowest BCUT2D eigenvalue weighted by molar-refractivity contribution is -0.114. The van der Waals surface area contributed by atoms with Gasteiger partial charge in [0.15, 0.2) is 0 Å². The van der Waals surface area contributed by atoms with E-state index in [2.05, 4.69) is 15.5 Å². The van der Waals surface area contributed by atoms with E-state index in [0.717, 1.165) is 16.9 Å². The maximum absolute atomic E-state index is 12.1. The van der Waals surface area contributed by atoms with Crippen LogP contribution in [0.5, 0.6) is 0 Å². The Kier molecular flexibility index (Phi) is 4.46. The smallest absolute Gasteiger partial charge is 0.234 e. The topological polar surface area (TPSA) is 89.0 Å². The summed E-state index contributed by atoms with van der Waals surface area (Å²) < 4.78 is 24.1. The highest BCUT2D eigenvalue weighted by Gasteiger charge is 2.20. The van der Waals surface area contributed by atoms with Crippen LogP contribution in [0.1, 0.15) is 12.5 Å². The molecule has 2 rings (SSSR count). The Balaban J connectivity index is 2.06. The van der Waals surface area contributed by atoms with E-state index in [1.165, 1.54) is 6.92 Å². The molecule has 6 nitrogen and oxygen atoms in total. The lowest BCUT2D eigenvalue weighted by Gasteiger charge is -2.00. The van der Waals surface area contributed by atoms with E-state index in [1.54, 1.807) is 0 Å². The second-order valence-corrected chi connectivity index (χ2v) is 7.37. The number of amides is 1. The van der Waals surface area contributed by atoms with Crippen molar-refractivity contribution in [2.45, 2.75) is 17.7 Å². The molecule has 0 unspecified atom stereocenters. The molecule has 0 spiro atoms. The molecule has 1 amide bonds. The van der Waals surface area contributed by atoms with Gasteiger partial charge in [0.2, 0.25) is 25.2 Å². The molecule has 0 saturated carbocycles. The monoisotopic (exact) mass is 311 g/mol. The van der Waals surface area contributed by atoms with Crippen LogP contribution in [0.2, 0.25) is 0 Å². The normalized spacial score (nSPS) is 11.2. The third kappa shape index (κ3) is 3.84. The minimum atomic E-state index is -3.48. The number of hydrogen-bond donors (Lipinski definition) is 1. The van der Waals surface area contributed by atoms with Crippen LogP contribution in [-0.4, -0.2) is 30.3 Å². The summed E-state index contributed by atoms with van der Waals surface area (Å²) in [6.07, 6.45) is 0.415. The number of nitrogens with one attached hydrogen (secondary N) is 1. The van der Waals surface area contributed by atoms with Crippen LogP contribution in [0.15, 0.2) is 34.7 Å². The quantitative estimate of drug-likeness (QED) is 0.846. The first-order valence-corrected chi connectivity index (χ1v) is 8.32. The Labute approximate surface area is 120 Å². The van der Waals surface area contributed by atoms with Crippen molar-refractivity contribution in [1.29, 1.82) is 0 Å². The number of carbonyl (C=O) groups is 1. The summed E-state index contributed by atoms with van der Waals surface area (Å²) in [6, 6.07) is 9.35. The van der Waals surface area contributed by atoms with Crippen LogP contribution in [0, 0.1) is 0 Å². The van der Waals surface area contributed by atoms with Crippen LogP contribution in [-0.2, 0) is 21.1 Å². The summed E-state index contributed by atoms with van der Waals surface area (Å²) >= 11 is 0.861. The van der Waals surface area contributed by atoms with Crippen molar-refractivity contribution in [3.05, 3.63) is 35.9 Å². The van der Waals surface area contributed by atoms with Crippen LogP contribution < -0.4 is 5.32 Å². The third-order valence-electron chi connectivity index (χ3n) is 2.46. The summed E-state index contributed by atoms with van der Waals surface area (Å²) in [5.41, 5.74) is 0.947. The average Bonchev–Trinajstić information content (AvgIpc) is 2.86. The molecule has 0 bridgehead atoms. The van der Waals surface area contributed by atoms with E-state index < -0.39 is 9.84 Å². The van der Waals surface area contributed by atoms with Crippen LogP contribution in [0.3, 0.4) is 0 Å². The molecule has 0 radical (unpaired) electrons. The fourth-order valence-electron chi connectivity index (χ4n) is 1.52. The highest BCUT2D eigenvalue weighted by molar-refractivity contribution is 7.93. The van der Waals surface area contributed by atoms with Crippen molar-refractivity contribution in [2.75, 3.05) is 11.1 Å². The van der Waals surface area contributed by atoms with E-state index in [0.29, 0.717) is 6.42 Å². The molecule has 0 aliphatic rings. The molecular formula is C12H13N3O3S2. The fourth-order valence-corrected chi connectivity index (χ4v) is 3.88. The number of hydrogen-bond acceptors (Lipinski definition) is 6.